The van der Waals surface area contributed by atoms with Gasteiger partial charge >= 0.3 is 6.18 Å². The molecule has 4 rings (SSSR count). The van der Waals surface area contributed by atoms with Gasteiger partial charge in [0, 0.05) is 11.7 Å². The van der Waals surface area contributed by atoms with E-state index in [9.17, 15) is 21.6 Å². The second kappa shape index (κ2) is 10.7. The molecule has 1 aromatic heterocycles. The first-order valence-corrected chi connectivity index (χ1v) is 14.0. The standard InChI is InChI=1S/C25H28F3N3O3S2/c1-16-23(35-24(29-16)30-19-7-5-3-4-6-8-19)17-9-14-21(34-2)22(15-17)36(32,33)31-20-12-10-18(11-13-20)25(26,27)28/h9-15,19,31H,3-8H2,1-2H3,(H,29,30). The van der Waals surface area contributed by atoms with Crippen LogP contribution in [0.4, 0.5) is 24.0 Å². The molecule has 0 aliphatic heterocycles. The lowest BCUT2D eigenvalue weighted by Gasteiger charge is -2.15. The fraction of sp³-hybridized carbons (Fsp3) is 0.400. The molecule has 0 unspecified atom stereocenters. The lowest BCUT2D eigenvalue weighted by Crippen LogP contribution is -2.17. The number of aromatic nitrogens is 1. The molecule has 0 amide bonds. The summed E-state index contributed by atoms with van der Waals surface area (Å²) in [6, 6.07) is 9.03. The maximum absolute atomic E-state index is 13.2. The Labute approximate surface area is 213 Å². The number of ether oxygens (including phenoxy) is 1. The van der Waals surface area contributed by atoms with Gasteiger partial charge in [-0.2, -0.15) is 13.2 Å². The molecule has 2 aromatic carbocycles. The number of nitrogens with one attached hydrogen (secondary N) is 2. The molecule has 0 spiro atoms. The van der Waals surface area contributed by atoms with Gasteiger partial charge in [0.1, 0.15) is 10.6 Å². The first-order valence-electron chi connectivity index (χ1n) is 11.7. The van der Waals surface area contributed by atoms with Crippen LogP contribution in [0, 0.1) is 6.92 Å². The van der Waals surface area contributed by atoms with Crippen LogP contribution in [-0.2, 0) is 16.2 Å². The van der Waals surface area contributed by atoms with Gasteiger partial charge in [0.25, 0.3) is 10.0 Å². The van der Waals surface area contributed by atoms with Crippen molar-refractivity contribution in [3.05, 3.63) is 53.7 Å². The largest absolute Gasteiger partial charge is 0.495 e. The average molecular weight is 540 g/mol. The van der Waals surface area contributed by atoms with Crippen molar-refractivity contribution in [2.45, 2.75) is 62.6 Å². The summed E-state index contributed by atoms with van der Waals surface area (Å²) >= 11 is 1.47. The van der Waals surface area contributed by atoms with Crippen LogP contribution in [0.2, 0.25) is 0 Å². The lowest BCUT2D eigenvalue weighted by atomic mass is 10.1. The number of hydrogen-bond acceptors (Lipinski definition) is 6. The van der Waals surface area contributed by atoms with E-state index in [1.807, 2.05) is 6.92 Å². The van der Waals surface area contributed by atoms with Crippen LogP contribution in [0.15, 0.2) is 47.4 Å². The molecular formula is C25H28F3N3O3S2. The molecule has 3 aromatic rings. The van der Waals surface area contributed by atoms with Crippen LogP contribution < -0.4 is 14.8 Å². The number of benzene rings is 2. The highest BCUT2D eigenvalue weighted by Crippen LogP contribution is 2.38. The molecule has 1 saturated carbocycles. The molecule has 194 valence electrons. The Balaban J connectivity index is 1.60. The van der Waals surface area contributed by atoms with Gasteiger partial charge in [0.15, 0.2) is 5.13 Å². The molecule has 0 radical (unpaired) electrons. The highest BCUT2D eigenvalue weighted by Gasteiger charge is 2.30. The van der Waals surface area contributed by atoms with Gasteiger partial charge in [-0.15, -0.1) is 0 Å². The Hall–Kier alpha value is -2.79. The van der Waals surface area contributed by atoms with E-state index >= 15 is 0 Å². The van der Waals surface area contributed by atoms with Gasteiger partial charge in [0.05, 0.1) is 23.2 Å². The Morgan fingerprint density at radius 3 is 2.31 bits per heavy atom. The minimum absolute atomic E-state index is 0.0133. The third-order valence-corrected chi connectivity index (χ3v) is 8.70. The number of thiazole rings is 1. The van der Waals surface area contributed by atoms with E-state index < -0.39 is 21.8 Å². The normalized spacial score (nSPS) is 15.4. The third kappa shape index (κ3) is 6.12. The Morgan fingerprint density at radius 2 is 1.69 bits per heavy atom. The summed E-state index contributed by atoms with van der Waals surface area (Å²) < 4.78 is 72.6. The second-order valence-electron chi connectivity index (χ2n) is 8.81. The Kier molecular flexibility index (Phi) is 7.79. The van der Waals surface area contributed by atoms with Crippen LogP contribution in [0.3, 0.4) is 0 Å². The van der Waals surface area contributed by atoms with Gasteiger partial charge in [-0.1, -0.05) is 37.0 Å². The second-order valence-corrected chi connectivity index (χ2v) is 11.5. The van der Waals surface area contributed by atoms with Crippen LogP contribution >= 0.6 is 11.3 Å². The number of halogens is 3. The van der Waals surface area contributed by atoms with Crippen LogP contribution in [0.5, 0.6) is 5.75 Å². The Bertz CT molecular complexity index is 1300. The predicted molar refractivity (Wildman–Crippen MR) is 136 cm³/mol. The first-order chi connectivity index (χ1) is 17.1. The van der Waals surface area contributed by atoms with Crippen LogP contribution in [0.25, 0.3) is 10.4 Å². The zero-order chi connectivity index (χ0) is 25.9. The summed E-state index contributed by atoms with van der Waals surface area (Å²) in [7, 11) is -2.80. The van der Waals surface area contributed by atoms with Crippen molar-refractivity contribution in [3.63, 3.8) is 0 Å². The zero-order valence-corrected chi connectivity index (χ0v) is 21.6. The fourth-order valence-electron chi connectivity index (χ4n) is 4.29. The summed E-state index contributed by atoms with van der Waals surface area (Å²) in [6.45, 7) is 1.88. The minimum Gasteiger partial charge on any atom is -0.495 e. The molecule has 2 N–H and O–H groups in total. The van der Waals surface area contributed by atoms with E-state index in [1.165, 1.54) is 50.2 Å². The van der Waals surface area contributed by atoms with Crippen molar-refractivity contribution < 1.29 is 26.3 Å². The number of hydrogen-bond donors (Lipinski definition) is 2. The van der Waals surface area contributed by atoms with Crippen molar-refractivity contribution in [3.8, 4) is 16.2 Å². The number of aryl methyl sites for hydroxylation is 1. The van der Waals surface area contributed by atoms with Crippen molar-refractivity contribution in [1.82, 2.24) is 4.98 Å². The molecule has 36 heavy (non-hydrogen) atoms. The number of methoxy groups -OCH3 is 1. The summed E-state index contributed by atoms with van der Waals surface area (Å²) in [5.74, 6) is 0.122. The van der Waals surface area contributed by atoms with Gasteiger partial charge in [0.2, 0.25) is 0 Å². The van der Waals surface area contributed by atoms with E-state index in [2.05, 4.69) is 15.0 Å². The quantitative estimate of drug-likeness (QED) is 0.314. The molecular weight excluding hydrogens is 511 g/mol. The van der Waals surface area contributed by atoms with Gasteiger partial charge in [-0.05, 0) is 67.8 Å². The van der Waals surface area contributed by atoms with Gasteiger partial charge < -0.3 is 10.1 Å². The topological polar surface area (TPSA) is 80.3 Å². The molecule has 1 fully saturated rings. The predicted octanol–water partition coefficient (Wildman–Crippen LogP) is 7.08. The van der Waals surface area contributed by atoms with Crippen LogP contribution in [0.1, 0.15) is 49.8 Å². The number of anilines is 2. The van der Waals surface area contributed by atoms with Gasteiger partial charge in [-0.25, -0.2) is 13.4 Å². The molecule has 1 aliphatic rings. The first kappa shape index (κ1) is 26.3. The smallest absolute Gasteiger partial charge is 0.416 e. The summed E-state index contributed by atoms with van der Waals surface area (Å²) in [5, 5.41) is 4.34. The zero-order valence-electron chi connectivity index (χ0n) is 20.0. The van der Waals surface area contributed by atoms with E-state index in [1.54, 1.807) is 12.1 Å². The summed E-state index contributed by atoms with van der Waals surface area (Å²) in [6.07, 6.45) is 2.60. The van der Waals surface area contributed by atoms with Crippen molar-refractivity contribution >= 4 is 32.2 Å². The fourth-order valence-corrected chi connectivity index (χ4v) is 6.58. The highest BCUT2D eigenvalue weighted by atomic mass is 32.2. The van der Waals surface area contributed by atoms with Crippen molar-refractivity contribution in [1.29, 1.82) is 0 Å². The lowest BCUT2D eigenvalue weighted by molar-refractivity contribution is -0.137. The van der Waals surface area contributed by atoms with E-state index in [0.29, 0.717) is 11.6 Å². The maximum atomic E-state index is 13.2. The minimum atomic E-state index is -4.51. The maximum Gasteiger partial charge on any atom is 0.416 e. The highest BCUT2D eigenvalue weighted by molar-refractivity contribution is 7.92. The third-order valence-electron chi connectivity index (χ3n) is 6.16. The SMILES string of the molecule is COc1ccc(-c2sc(NC3CCCCCC3)nc2C)cc1S(=O)(=O)Nc1ccc(C(F)(F)F)cc1. The Morgan fingerprint density at radius 1 is 1.03 bits per heavy atom. The molecule has 6 nitrogen and oxygen atoms in total. The van der Waals surface area contributed by atoms with Crippen LogP contribution in [-0.4, -0.2) is 26.6 Å². The number of sulfonamides is 1. The molecule has 1 aliphatic carbocycles. The molecule has 0 saturated heterocycles. The average Bonchev–Trinajstić information content (AvgIpc) is 3.01. The van der Waals surface area contributed by atoms with Crippen molar-refractivity contribution in [2.75, 3.05) is 17.1 Å². The van der Waals surface area contributed by atoms with E-state index in [-0.39, 0.29) is 16.3 Å². The summed E-state index contributed by atoms with van der Waals surface area (Å²) in [5.41, 5.74) is 0.589. The van der Waals surface area contributed by atoms with Crippen molar-refractivity contribution in [2.24, 2.45) is 0 Å². The van der Waals surface area contributed by atoms with E-state index in [4.69, 9.17) is 4.74 Å². The molecule has 0 bridgehead atoms. The molecule has 11 heteroatoms. The van der Waals surface area contributed by atoms with E-state index in [0.717, 1.165) is 52.8 Å². The molecule has 1 heterocycles. The molecule has 0 atom stereocenters. The number of alkyl halides is 3. The number of nitrogens with zero attached hydrogens (tertiary/aromatic N) is 1. The number of rotatable bonds is 7. The monoisotopic (exact) mass is 539 g/mol. The summed E-state index contributed by atoms with van der Waals surface area (Å²) in [4.78, 5) is 5.38. The van der Waals surface area contributed by atoms with Gasteiger partial charge in [-0.3, -0.25) is 4.72 Å².